The zero-order chi connectivity index (χ0) is 17.2. The van der Waals surface area contributed by atoms with Gasteiger partial charge in [0.05, 0.1) is 17.3 Å². The third-order valence-electron chi connectivity index (χ3n) is 3.14. The number of nitrogens with zero attached hydrogens (tertiary/aromatic N) is 2. The van der Waals surface area contributed by atoms with Crippen LogP contribution in [0.15, 0.2) is 24.4 Å². The van der Waals surface area contributed by atoms with Crippen LogP contribution in [0.2, 0.25) is 5.02 Å². The summed E-state index contributed by atoms with van der Waals surface area (Å²) in [5, 5.41) is 0.0237. The molecular weight excluding hydrogens is 319 g/mol. The molecule has 0 aliphatic heterocycles. The first-order valence-corrected chi connectivity index (χ1v) is 7.80. The van der Waals surface area contributed by atoms with Gasteiger partial charge in [0.1, 0.15) is 5.82 Å². The Balaban J connectivity index is 2.55. The van der Waals surface area contributed by atoms with Crippen molar-refractivity contribution in [2.45, 2.75) is 34.1 Å². The van der Waals surface area contributed by atoms with E-state index in [1.165, 1.54) is 12.3 Å². The van der Waals surface area contributed by atoms with Gasteiger partial charge >= 0.3 is 5.97 Å². The monoisotopic (exact) mass is 338 g/mol. The zero-order valence-electron chi connectivity index (χ0n) is 13.7. The molecule has 0 saturated carbocycles. The van der Waals surface area contributed by atoms with Gasteiger partial charge in [-0.1, -0.05) is 38.4 Å². The van der Waals surface area contributed by atoms with Gasteiger partial charge in [-0.2, -0.15) is 0 Å². The van der Waals surface area contributed by atoms with Crippen LogP contribution >= 0.6 is 11.6 Å². The molecule has 0 unspecified atom stereocenters. The minimum Gasteiger partial charge on any atom is -0.461 e. The van der Waals surface area contributed by atoms with Gasteiger partial charge < -0.3 is 4.74 Å². The topological polar surface area (TPSA) is 44.1 Å². The van der Waals surface area contributed by atoms with Gasteiger partial charge in [-0.3, -0.25) is 4.57 Å². The Kier molecular flexibility index (Phi) is 5.09. The Bertz CT molecular complexity index is 720. The highest BCUT2D eigenvalue weighted by molar-refractivity contribution is 6.30. The number of rotatable bonds is 4. The van der Waals surface area contributed by atoms with Crippen LogP contribution in [-0.2, 0) is 11.2 Å². The van der Waals surface area contributed by atoms with Crippen molar-refractivity contribution in [3.63, 3.8) is 0 Å². The average Bonchev–Trinajstić information content (AvgIpc) is 2.84. The van der Waals surface area contributed by atoms with E-state index < -0.39 is 11.8 Å². The molecule has 124 valence electrons. The van der Waals surface area contributed by atoms with Gasteiger partial charge in [0.2, 0.25) is 0 Å². The lowest BCUT2D eigenvalue weighted by atomic mass is 9.92. The summed E-state index contributed by atoms with van der Waals surface area (Å²) >= 11 is 5.87. The lowest BCUT2D eigenvalue weighted by Gasteiger charge is -2.18. The molecule has 0 aliphatic rings. The second kappa shape index (κ2) is 6.71. The number of benzene rings is 1. The highest BCUT2D eigenvalue weighted by atomic mass is 35.5. The molecule has 1 aromatic heterocycles. The van der Waals surface area contributed by atoms with Crippen molar-refractivity contribution in [3.05, 3.63) is 46.8 Å². The van der Waals surface area contributed by atoms with Crippen molar-refractivity contribution in [1.82, 2.24) is 9.55 Å². The van der Waals surface area contributed by atoms with Gasteiger partial charge in [0.15, 0.2) is 11.5 Å². The van der Waals surface area contributed by atoms with E-state index in [9.17, 15) is 9.18 Å². The third-order valence-corrected chi connectivity index (χ3v) is 3.43. The summed E-state index contributed by atoms with van der Waals surface area (Å²) in [6, 6.07) is 4.74. The van der Waals surface area contributed by atoms with Crippen LogP contribution < -0.4 is 0 Å². The molecule has 0 bridgehead atoms. The average molecular weight is 339 g/mol. The third kappa shape index (κ3) is 4.10. The Labute approximate surface area is 140 Å². The molecule has 4 nitrogen and oxygen atoms in total. The maximum absolute atomic E-state index is 14.4. The number of carbonyl (C=O) groups is 1. The Morgan fingerprint density at radius 1 is 1.39 bits per heavy atom. The van der Waals surface area contributed by atoms with Crippen LogP contribution in [0.25, 0.3) is 5.69 Å². The van der Waals surface area contributed by atoms with Gasteiger partial charge in [0, 0.05) is 12.6 Å². The quantitative estimate of drug-likeness (QED) is 0.774. The Morgan fingerprint density at radius 2 is 2.09 bits per heavy atom. The fourth-order valence-corrected chi connectivity index (χ4v) is 2.38. The van der Waals surface area contributed by atoms with E-state index in [2.05, 4.69) is 4.98 Å². The lowest BCUT2D eigenvalue weighted by Crippen LogP contribution is -2.14. The second-order valence-electron chi connectivity index (χ2n) is 6.44. The van der Waals surface area contributed by atoms with Crippen molar-refractivity contribution in [1.29, 1.82) is 0 Å². The van der Waals surface area contributed by atoms with E-state index in [4.69, 9.17) is 16.3 Å². The van der Waals surface area contributed by atoms with E-state index in [0.717, 1.165) is 0 Å². The molecule has 23 heavy (non-hydrogen) atoms. The smallest absolute Gasteiger partial charge is 0.358 e. The number of hydrogen-bond acceptors (Lipinski definition) is 3. The second-order valence-corrected chi connectivity index (χ2v) is 6.85. The zero-order valence-corrected chi connectivity index (χ0v) is 14.4. The number of esters is 1. The molecule has 0 N–H and O–H groups in total. The van der Waals surface area contributed by atoms with Crippen LogP contribution in [0, 0.1) is 11.2 Å². The standard InChI is InChI=1S/C17H20ClFN2O2/c1-5-23-16(22)12-10-21(14(20-12)9-17(2,3)4)13-8-6-7-11(18)15(13)19/h6-8,10H,5,9H2,1-4H3. The SMILES string of the molecule is CCOC(=O)c1cn(-c2cccc(Cl)c2F)c(CC(C)(C)C)n1. The van der Waals surface area contributed by atoms with Crippen LogP contribution in [0.5, 0.6) is 0 Å². The van der Waals surface area contributed by atoms with Crippen molar-refractivity contribution in [3.8, 4) is 5.69 Å². The fraction of sp³-hybridized carbons (Fsp3) is 0.412. The Morgan fingerprint density at radius 3 is 2.70 bits per heavy atom. The molecule has 0 radical (unpaired) electrons. The molecule has 1 heterocycles. The molecule has 0 saturated heterocycles. The number of aromatic nitrogens is 2. The summed E-state index contributed by atoms with van der Waals surface area (Å²) in [4.78, 5) is 16.3. The minimum absolute atomic E-state index is 0.0237. The van der Waals surface area contributed by atoms with Crippen molar-refractivity contribution >= 4 is 17.6 Å². The number of imidazole rings is 1. The summed E-state index contributed by atoms with van der Waals surface area (Å²) in [6.45, 7) is 8.12. The number of hydrogen-bond donors (Lipinski definition) is 0. The summed E-state index contributed by atoms with van der Waals surface area (Å²) in [6.07, 6.45) is 2.06. The minimum atomic E-state index is -0.544. The molecular formula is C17H20ClFN2O2. The lowest BCUT2D eigenvalue weighted by molar-refractivity contribution is 0.0519. The van der Waals surface area contributed by atoms with Crippen LogP contribution in [0.4, 0.5) is 4.39 Å². The first-order chi connectivity index (χ1) is 10.7. The highest BCUT2D eigenvalue weighted by Gasteiger charge is 2.22. The van der Waals surface area contributed by atoms with Gasteiger partial charge in [-0.25, -0.2) is 14.2 Å². The molecule has 0 spiro atoms. The maximum atomic E-state index is 14.4. The van der Waals surface area contributed by atoms with Crippen molar-refractivity contribution in [2.75, 3.05) is 6.61 Å². The molecule has 1 aromatic carbocycles. The number of carbonyl (C=O) groups excluding carboxylic acids is 1. The van der Waals surface area contributed by atoms with E-state index >= 15 is 0 Å². The summed E-state index contributed by atoms with van der Waals surface area (Å²) in [5.74, 6) is -0.484. The predicted molar refractivity (Wildman–Crippen MR) is 87.6 cm³/mol. The molecule has 0 aliphatic carbocycles. The molecule has 0 fully saturated rings. The number of ether oxygens (including phenoxy) is 1. The van der Waals surface area contributed by atoms with E-state index in [1.54, 1.807) is 23.6 Å². The summed E-state index contributed by atoms with van der Waals surface area (Å²) in [5.41, 5.74) is 0.342. The van der Waals surface area contributed by atoms with Crippen molar-refractivity contribution < 1.29 is 13.9 Å². The Hall–Kier alpha value is -1.88. The van der Waals surface area contributed by atoms with Gasteiger partial charge in [-0.15, -0.1) is 0 Å². The van der Waals surface area contributed by atoms with Gasteiger partial charge in [0.25, 0.3) is 0 Å². The van der Waals surface area contributed by atoms with Crippen LogP contribution in [-0.4, -0.2) is 22.1 Å². The van der Waals surface area contributed by atoms with Gasteiger partial charge in [-0.05, 0) is 24.5 Å². The highest BCUT2D eigenvalue weighted by Crippen LogP contribution is 2.26. The van der Waals surface area contributed by atoms with E-state index in [-0.39, 0.29) is 28.4 Å². The summed E-state index contributed by atoms with van der Waals surface area (Å²) in [7, 11) is 0. The summed E-state index contributed by atoms with van der Waals surface area (Å²) < 4.78 is 20.9. The molecule has 2 aromatic rings. The van der Waals surface area contributed by atoms with E-state index in [1.807, 2.05) is 20.8 Å². The van der Waals surface area contributed by atoms with Crippen molar-refractivity contribution in [2.24, 2.45) is 5.41 Å². The molecule has 2 rings (SSSR count). The first-order valence-electron chi connectivity index (χ1n) is 7.42. The van der Waals surface area contributed by atoms with Crippen LogP contribution in [0.1, 0.15) is 44.0 Å². The molecule has 6 heteroatoms. The number of halogens is 2. The molecule has 0 atom stereocenters. The fourth-order valence-electron chi connectivity index (χ4n) is 2.21. The van der Waals surface area contributed by atoms with Crippen LogP contribution in [0.3, 0.4) is 0 Å². The molecule has 0 amide bonds. The predicted octanol–water partition coefficient (Wildman–Crippen LogP) is 4.43. The largest absolute Gasteiger partial charge is 0.461 e. The first kappa shape index (κ1) is 17.5. The van der Waals surface area contributed by atoms with E-state index in [0.29, 0.717) is 12.2 Å². The normalized spacial score (nSPS) is 11.6. The maximum Gasteiger partial charge on any atom is 0.358 e.